The topological polar surface area (TPSA) is 49.9 Å². The Bertz CT molecular complexity index is 453. The highest BCUT2D eigenvalue weighted by Gasteiger charge is 2.24. The maximum atomic E-state index is 12.1. The van der Waals surface area contributed by atoms with Crippen molar-refractivity contribution < 1.29 is 14.3 Å². The molecule has 1 saturated heterocycles. The number of carbonyl (C=O) groups excluding carboxylic acids is 2. The van der Waals surface area contributed by atoms with E-state index < -0.39 is 0 Å². The number of piperazine rings is 1. The van der Waals surface area contributed by atoms with E-state index in [-0.39, 0.29) is 12.0 Å². The van der Waals surface area contributed by atoms with Gasteiger partial charge in [-0.3, -0.25) is 4.79 Å². The van der Waals surface area contributed by atoms with Crippen molar-refractivity contribution in [1.29, 1.82) is 0 Å². The van der Waals surface area contributed by atoms with Crippen LogP contribution in [0.3, 0.4) is 0 Å². The molecule has 1 aliphatic heterocycles. The summed E-state index contributed by atoms with van der Waals surface area (Å²) in [6.45, 7) is 2.26. The third-order valence-corrected chi connectivity index (χ3v) is 3.54. The maximum Gasteiger partial charge on any atom is 0.409 e. The van der Waals surface area contributed by atoms with Crippen LogP contribution < -0.4 is 0 Å². The Morgan fingerprint density at radius 1 is 1.05 bits per heavy atom. The highest BCUT2D eigenvalue weighted by molar-refractivity contribution is 5.77. The van der Waals surface area contributed by atoms with Crippen LogP contribution in [0.5, 0.6) is 0 Å². The fourth-order valence-electron chi connectivity index (χ4n) is 2.32. The van der Waals surface area contributed by atoms with Crippen molar-refractivity contribution in [1.82, 2.24) is 9.80 Å². The Morgan fingerprint density at radius 3 is 2.25 bits per heavy atom. The average Bonchev–Trinajstić information content (AvgIpc) is 2.53. The van der Waals surface area contributed by atoms with E-state index >= 15 is 0 Å². The van der Waals surface area contributed by atoms with Crippen molar-refractivity contribution in [2.45, 2.75) is 12.8 Å². The second-order valence-electron chi connectivity index (χ2n) is 4.82. The van der Waals surface area contributed by atoms with Gasteiger partial charge in [-0.15, -0.1) is 0 Å². The van der Waals surface area contributed by atoms with Gasteiger partial charge in [0.1, 0.15) is 0 Å². The molecule has 1 fully saturated rings. The van der Waals surface area contributed by atoms with Gasteiger partial charge in [0, 0.05) is 32.6 Å². The van der Waals surface area contributed by atoms with Crippen molar-refractivity contribution in [2.75, 3.05) is 33.3 Å². The minimum absolute atomic E-state index is 0.151. The molecular formula is C15H20N2O3. The third kappa shape index (κ3) is 3.73. The van der Waals surface area contributed by atoms with Crippen LogP contribution in [0.2, 0.25) is 0 Å². The van der Waals surface area contributed by atoms with Crippen molar-refractivity contribution >= 4 is 12.0 Å². The van der Waals surface area contributed by atoms with Gasteiger partial charge >= 0.3 is 6.09 Å². The highest BCUT2D eigenvalue weighted by Crippen LogP contribution is 2.08. The molecule has 1 aromatic rings. The van der Waals surface area contributed by atoms with E-state index in [1.165, 1.54) is 12.7 Å². The predicted octanol–water partition coefficient (Wildman–Crippen LogP) is 1.53. The number of hydrogen-bond acceptors (Lipinski definition) is 3. The van der Waals surface area contributed by atoms with E-state index in [0.29, 0.717) is 32.6 Å². The number of carbonyl (C=O) groups is 2. The van der Waals surface area contributed by atoms with Crippen LogP contribution in [0, 0.1) is 0 Å². The van der Waals surface area contributed by atoms with Crippen LogP contribution in [0.1, 0.15) is 12.0 Å². The lowest BCUT2D eigenvalue weighted by molar-refractivity contribution is -0.132. The smallest absolute Gasteiger partial charge is 0.409 e. The molecule has 20 heavy (non-hydrogen) atoms. The number of ether oxygens (including phenoxy) is 1. The first kappa shape index (κ1) is 14.4. The number of benzene rings is 1. The summed E-state index contributed by atoms with van der Waals surface area (Å²) in [7, 11) is 1.37. The second-order valence-corrected chi connectivity index (χ2v) is 4.82. The molecule has 0 bridgehead atoms. The van der Waals surface area contributed by atoms with Gasteiger partial charge in [0.2, 0.25) is 5.91 Å². The summed E-state index contributed by atoms with van der Waals surface area (Å²) >= 11 is 0. The number of aryl methyl sites for hydroxylation is 1. The standard InChI is InChI=1S/C15H20N2O3/c1-20-15(19)17-11-9-16(10-12-17)14(18)8-7-13-5-3-2-4-6-13/h2-6H,7-12H2,1H3. The lowest BCUT2D eigenvalue weighted by Gasteiger charge is -2.33. The first-order valence-corrected chi connectivity index (χ1v) is 6.85. The minimum atomic E-state index is -0.318. The largest absolute Gasteiger partial charge is 0.453 e. The molecule has 1 aliphatic rings. The number of amides is 2. The average molecular weight is 276 g/mol. The predicted molar refractivity (Wildman–Crippen MR) is 75.3 cm³/mol. The molecular weight excluding hydrogens is 256 g/mol. The van der Waals surface area contributed by atoms with Gasteiger partial charge < -0.3 is 14.5 Å². The van der Waals surface area contributed by atoms with E-state index in [1.54, 1.807) is 4.90 Å². The van der Waals surface area contributed by atoms with Crippen LogP contribution in [-0.4, -0.2) is 55.1 Å². The molecule has 0 aromatic heterocycles. The van der Waals surface area contributed by atoms with Gasteiger partial charge in [-0.25, -0.2) is 4.79 Å². The zero-order valence-corrected chi connectivity index (χ0v) is 11.7. The van der Waals surface area contributed by atoms with E-state index in [0.717, 1.165) is 6.42 Å². The fraction of sp³-hybridized carbons (Fsp3) is 0.467. The van der Waals surface area contributed by atoms with E-state index in [2.05, 4.69) is 4.74 Å². The first-order chi connectivity index (χ1) is 9.70. The minimum Gasteiger partial charge on any atom is -0.453 e. The normalized spacial score (nSPS) is 15.1. The molecule has 0 atom stereocenters. The lowest BCUT2D eigenvalue weighted by Crippen LogP contribution is -2.50. The molecule has 2 rings (SSSR count). The molecule has 5 nitrogen and oxygen atoms in total. The number of nitrogens with zero attached hydrogens (tertiary/aromatic N) is 2. The number of methoxy groups -OCH3 is 1. The summed E-state index contributed by atoms with van der Waals surface area (Å²) in [5.74, 6) is 0.151. The summed E-state index contributed by atoms with van der Waals surface area (Å²) in [5.41, 5.74) is 1.18. The lowest BCUT2D eigenvalue weighted by atomic mass is 10.1. The Morgan fingerprint density at radius 2 is 1.65 bits per heavy atom. The van der Waals surface area contributed by atoms with Crippen LogP contribution in [0.4, 0.5) is 4.79 Å². The molecule has 1 aromatic carbocycles. The van der Waals surface area contributed by atoms with Gasteiger partial charge in [-0.1, -0.05) is 30.3 Å². The Kier molecular flexibility index (Phi) is 4.98. The van der Waals surface area contributed by atoms with E-state index in [9.17, 15) is 9.59 Å². The van der Waals surface area contributed by atoms with Gasteiger partial charge in [0.15, 0.2) is 0 Å². The molecule has 0 N–H and O–H groups in total. The molecule has 5 heteroatoms. The highest BCUT2D eigenvalue weighted by atomic mass is 16.5. The second kappa shape index (κ2) is 6.93. The third-order valence-electron chi connectivity index (χ3n) is 3.54. The van der Waals surface area contributed by atoms with Gasteiger partial charge in [0.05, 0.1) is 7.11 Å². The van der Waals surface area contributed by atoms with E-state index in [4.69, 9.17) is 0 Å². The Labute approximate surface area is 119 Å². The summed E-state index contributed by atoms with van der Waals surface area (Å²) in [4.78, 5) is 26.9. The van der Waals surface area contributed by atoms with Crippen molar-refractivity contribution in [3.05, 3.63) is 35.9 Å². The number of hydrogen-bond donors (Lipinski definition) is 0. The summed E-state index contributed by atoms with van der Waals surface area (Å²) < 4.78 is 4.67. The molecule has 0 radical (unpaired) electrons. The van der Waals surface area contributed by atoms with Crippen LogP contribution in [0.25, 0.3) is 0 Å². The van der Waals surface area contributed by atoms with Crippen molar-refractivity contribution in [2.24, 2.45) is 0 Å². The van der Waals surface area contributed by atoms with Crippen molar-refractivity contribution in [3.8, 4) is 0 Å². The molecule has 1 heterocycles. The first-order valence-electron chi connectivity index (χ1n) is 6.85. The molecule has 0 aliphatic carbocycles. The van der Waals surface area contributed by atoms with Crippen LogP contribution in [0.15, 0.2) is 30.3 Å². The number of rotatable bonds is 3. The summed E-state index contributed by atoms with van der Waals surface area (Å²) in [6.07, 6.45) is 0.959. The molecule has 2 amide bonds. The van der Waals surface area contributed by atoms with Crippen molar-refractivity contribution in [3.63, 3.8) is 0 Å². The monoisotopic (exact) mass is 276 g/mol. The molecule has 0 unspecified atom stereocenters. The van der Waals surface area contributed by atoms with Gasteiger partial charge in [-0.05, 0) is 12.0 Å². The Balaban J connectivity index is 1.76. The molecule has 0 saturated carbocycles. The summed E-state index contributed by atoms with van der Waals surface area (Å²) in [6, 6.07) is 9.99. The maximum absolute atomic E-state index is 12.1. The SMILES string of the molecule is COC(=O)N1CCN(C(=O)CCc2ccccc2)CC1. The zero-order valence-electron chi connectivity index (χ0n) is 11.7. The quantitative estimate of drug-likeness (QED) is 0.841. The van der Waals surface area contributed by atoms with Gasteiger partial charge in [0.25, 0.3) is 0 Å². The fourth-order valence-corrected chi connectivity index (χ4v) is 2.32. The zero-order chi connectivity index (χ0) is 14.4. The summed E-state index contributed by atoms with van der Waals surface area (Å²) in [5, 5.41) is 0. The molecule has 0 spiro atoms. The van der Waals surface area contributed by atoms with E-state index in [1.807, 2.05) is 35.2 Å². The molecule has 108 valence electrons. The van der Waals surface area contributed by atoms with Gasteiger partial charge in [-0.2, -0.15) is 0 Å². The Hall–Kier alpha value is -2.04. The van der Waals surface area contributed by atoms with Crippen LogP contribution in [-0.2, 0) is 16.0 Å². The van der Waals surface area contributed by atoms with Crippen LogP contribution >= 0.6 is 0 Å².